The van der Waals surface area contributed by atoms with E-state index < -0.39 is 54.8 Å². The third-order valence-electron chi connectivity index (χ3n) is 9.38. The minimum absolute atomic E-state index is 0.00231. The van der Waals surface area contributed by atoms with Gasteiger partial charge in [-0.3, -0.25) is 0 Å². The number of rotatable bonds is 1. The van der Waals surface area contributed by atoms with Crippen LogP contribution in [0.1, 0.15) is 174 Å². The van der Waals surface area contributed by atoms with Gasteiger partial charge in [-0.15, -0.1) is 0 Å². The Morgan fingerprint density at radius 2 is 0.724 bits per heavy atom. The van der Waals surface area contributed by atoms with Gasteiger partial charge in [0.1, 0.15) is 49.8 Å². The molecule has 2 aliphatic carbocycles. The van der Waals surface area contributed by atoms with Crippen molar-refractivity contribution in [2.75, 3.05) is 72.7 Å². The topological polar surface area (TPSA) is 284 Å². The van der Waals surface area contributed by atoms with Crippen molar-refractivity contribution in [1.82, 2.24) is 0 Å². The molecule has 8 saturated heterocycles. The fourth-order valence-electron chi connectivity index (χ4n) is 6.20. The molecule has 2 bridgehead atoms. The van der Waals surface area contributed by atoms with Gasteiger partial charge in [0.2, 0.25) is 0 Å². The minimum Gasteiger partial charge on any atom is -0.434 e. The highest BCUT2D eigenvalue weighted by Gasteiger charge is 2.55. The molecule has 0 N–H and O–H groups in total. The van der Waals surface area contributed by atoms with E-state index in [9.17, 15) is 38.4 Å². The van der Waals surface area contributed by atoms with Gasteiger partial charge in [0, 0.05) is 24.7 Å². The van der Waals surface area contributed by atoms with Gasteiger partial charge in [-0.2, -0.15) is 0 Å². The van der Waals surface area contributed by atoms with Crippen LogP contribution in [0.5, 0.6) is 0 Å². The lowest BCUT2D eigenvalue weighted by Crippen LogP contribution is -2.28. The molecule has 8 heterocycles. The van der Waals surface area contributed by atoms with E-state index in [1.54, 1.807) is 20.8 Å². The quantitative estimate of drug-likeness (QED) is 0.174. The van der Waals surface area contributed by atoms with Crippen LogP contribution >= 0.6 is 0 Å². The Kier molecular flexibility index (Phi) is 47.8. The van der Waals surface area contributed by atoms with Crippen molar-refractivity contribution in [3.8, 4) is 0 Å². The van der Waals surface area contributed by atoms with E-state index in [0.29, 0.717) is 84.5 Å². The van der Waals surface area contributed by atoms with Gasteiger partial charge in [0.05, 0.1) is 52.9 Å². The SMILES string of the molecule is CC.CC.CC.CC1(C)COC(=O)O1.CC1COC(=O)O1.CCC.CCC.CCC1COC(=O)O1.O=C1OC2C3CCC(C3)C2O1.O=C1OCCCCO1.O=C1OCCCCO1.O=C1OCCCO1.O=C1OCCCO1. The number of hydrogen-bond acceptors (Lipinski definition) is 24. The Morgan fingerprint density at radius 3 is 0.921 bits per heavy atom. The largest absolute Gasteiger partial charge is 0.509 e. The first-order valence-corrected chi connectivity index (χ1v) is 27.0. The summed E-state index contributed by atoms with van der Waals surface area (Å²) in [5.41, 5.74) is -0.406. The van der Waals surface area contributed by atoms with E-state index in [1.165, 1.54) is 32.1 Å². The molecule has 446 valence electrons. The molecule has 24 nitrogen and oxygen atoms in total. The van der Waals surface area contributed by atoms with Crippen molar-refractivity contribution in [2.45, 2.75) is 204 Å². The molecule has 10 rings (SSSR count). The average molecular weight is 1100 g/mol. The van der Waals surface area contributed by atoms with Crippen LogP contribution in [0.15, 0.2) is 0 Å². The second kappa shape index (κ2) is 48.8. The Balaban J connectivity index is -0.000000781. The summed E-state index contributed by atoms with van der Waals surface area (Å²) in [6.45, 7) is 33.1. The van der Waals surface area contributed by atoms with Crippen LogP contribution < -0.4 is 0 Å². The van der Waals surface area contributed by atoms with Crippen LogP contribution in [-0.2, 0) is 75.8 Å². The molecule has 6 atom stereocenters. The average Bonchev–Trinajstić information content (AvgIpc) is 4.27. The van der Waals surface area contributed by atoms with Crippen LogP contribution in [0.4, 0.5) is 38.4 Å². The molecule has 0 spiro atoms. The Labute approximate surface area is 450 Å². The Bertz CT molecular complexity index is 1420. The predicted molar refractivity (Wildman–Crippen MR) is 274 cm³/mol. The molecule has 10 fully saturated rings. The molecular weight excluding hydrogens is 1010 g/mol. The summed E-state index contributed by atoms with van der Waals surface area (Å²) < 4.78 is 73.2. The fourth-order valence-corrected chi connectivity index (χ4v) is 6.20. The second-order valence-electron chi connectivity index (χ2n) is 16.7. The highest BCUT2D eigenvalue weighted by Crippen LogP contribution is 2.49. The number of carbonyl (C=O) groups is 8. The van der Waals surface area contributed by atoms with Crippen molar-refractivity contribution < 1.29 is 114 Å². The molecule has 6 unspecified atom stereocenters. The van der Waals surface area contributed by atoms with Gasteiger partial charge in [-0.25, -0.2) is 38.4 Å². The summed E-state index contributed by atoms with van der Waals surface area (Å²) in [6.07, 6.45) is 8.31. The van der Waals surface area contributed by atoms with Gasteiger partial charge in [0.15, 0.2) is 0 Å². The summed E-state index contributed by atoms with van der Waals surface area (Å²) >= 11 is 0. The first kappa shape index (κ1) is 74.4. The zero-order valence-electron chi connectivity index (χ0n) is 48.0. The van der Waals surface area contributed by atoms with Crippen LogP contribution in [-0.4, -0.2) is 152 Å². The van der Waals surface area contributed by atoms with Crippen molar-refractivity contribution in [2.24, 2.45) is 11.8 Å². The maximum absolute atomic E-state index is 10.7. The maximum Gasteiger partial charge on any atom is 0.509 e. The number of carbonyl (C=O) groups excluding carboxylic acids is 8. The van der Waals surface area contributed by atoms with Gasteiger partial charge in [-0.05, 0) is 72.1 Å². The minimum atomic E-state index is -0.560. The first-order valence-electron chi connectivity index (χ1n) is 27.0. The summed E-state index contributed by atoms with van der Waals surface area (Å²) in [4.78, 5) is 81.6. The lowest BCUT2D eigenvalue weighted by atomic mass is 9.95. The van der Waals surface area contributed by atoms with Gasteiger partial charge in [0.25, 0.3) is 0 Å². The first-order chi connectivity index (χ1) is 36.5. The number of hydrogen-bond donors (Lipinski definition) is 0. The molecule has 24 heteroatoms. The van der Waals surface area contributed by atoms with Gasteiger partial charge in [-0.1, -0.05) is 89.0 Å². The molecule has 0 aromatic carbocycles. The Hall–Kier alpha value is -5.84. The van der Waals surface area contributed by atoms with E-state index in [2.05, 4.69) is 94.0 Å². The second-order valence-corrected chi connectivity index (χ2v) is 16.7. The summed E-state index contributed by atoms with van der Waals surface area (Å²) in [5.74, 6) is 1.22. The van der Waals surface area contributed by atoms with E-state index in [0.717, 1.165) is 44.9 Å². The van der Waals surface area contributed by atoms with Crippen molar-refractivity contribution >= 4 is 49.2 Å². The van der Waals surface area contributed by atoms with E-state index in [1.807, 2.05) is 48.5 Å². The third kappa shape index (κ3) is 39.6. The molecule has 76 heavy (non-hydrogen) atoms. The van der Waals surface area contributed by atoms with E-state index in [4.69, 9.17) is 9.47 Å². The highest BCUT2D eigenvalue weighted by molar-refractivity contribution is 5.64. The van der Waals surface area contributed by atoms with Crippen molar-refractivity contribution in [3.05, 3.63) is 0 Å². The number of fused-ring (bicyclic) bond motifs is 5. The molecule has 0 amide bonds. The van der Waals surface area contributed by atoms with Crippen molar-refractivity contribution in [3.63, 3.8) is 0 Å². The maximum atomic E-state index is 10.7. The standard InChI is InChI=1S/C8H10O3.4C5H8O3.3C4H6O3.2C3H8.3C2H6/c9-8-10-6-4-1-2-5(3-4)7(6)11-8;1-5(2)3-7-4(6)8-5;1-2-4-3-7-5(6)8-4;2*6-5-7-3-1-2-4-8-5;1-3-2-6-4(5)7-3;2*5-4-6-2-1-3-7-4;2*1-3-2;3*1-2/h4-7H,1-3H2;3H2,1-2H3;4H,2-3H2,1H3;2*1-4H2;3H,2H2,1H3;2*1-3H2;2*3H2,1-2H3;3*1-2H3. The summed E-state index contributed by atoms with van der Waals surface area (Å²) in [7, 11) is 0. The summed E-state index contributed by atoms with van der Waals surface area (Å²) in [6, 6.07) is 0. The van der Waals surface area contributed by atoms with Gasteiger partial charge >= 0.3 is 49.2 Å². The number of ether oxygens (including phenoxy) is 16. The lowest BCUT2D eigenvalue weighted by Gasteiger charge is -2.19. The zero-order valence-corrected chi connectivity index (χ0v) is 48.0. The molecule has 0 radical (unpaired) electrons. The van der Waals surface area contributed by atoms with Gasteiger partial charge < -0.3 is 75.8 Å². The number of cyclic esters (lactones) is 14. The highest BCUT2D eigenvalue weighted by atomic mass is 16.8. The van der Waals surface area contributed by atoms with Crippen LogP contribution in [0, 0.1) is 11.8 Å². The molecule has 2 saturated carbocycles. The van der Waals surface area contributed by atoms with Crippen LogP contribution in [0.2, 0.25) is 0 Å². The monoisotopic (exact) mass is 1100 g/mol. The molecule has 10 aliphatic rings. The van der Waals surface area contributed by atoms with Crippen LogP contribution in [0.3, 0.4) is 0 Å². The smallest absolute Gasteiger partial charge is 0.434 e. The zero-order chi connectivity index (χ0) is 58.2. The summed E-state index contributed by atoms with van der Waals surface area (Å²) in [5, 5.41) is 0. The Morgan fingerprint density at radius 1 is 0.395 bits per heavy atom. The van der Waals surface area contributed by atoms with Crippen LogP contribution in [0.25, 0.3) is 0 Å². The fraction of sp³-hybridized carbons (Fsp3) is 0.846. The molecule has 0 aromatic heterocycles. The molecular formula is C52H94O24. The third-order valence-corrected chi connectivity index (χ3v) is 9.38. The molecule has 0 aromatic rings. The molecule has 8 aliphatic heterocycles. The van der Waals surface area contributed by atoms with E-state index in [-0.39, 0.29) is 24.4 Å². The van der Waals surface area contributed by atoms with Crippen molar-refractivity contribution in [1.29, 1.82) is 0 Å². The predicted octanol–water partition coefficient (Wildman–Crippen LogP) is 12.6. The van der Waals surface area contributed by atoms with E-state index >= 15 is 0 Å². The lowest BCUT2D eigenvalue weighted by molar-refractivity contribution is 0.0184. The normalized spacial score (nSPS) is 24.5.